The van der Waals surface area contributed by atoms with Crippen molar-refractivity contribution in [2.24, 2.45) is 0 Å². The van der Waals surface area contributed by atoms with Gasteiger partial charge >= 0.3 is 0 Å². The molecule has 2 aromatic rings. The summed E-state index contributed by atoms with van der Waals surface area (Å²) in [6, 6.07) is 7.85. The molecule has 0 aliphatic rings. The molecule has 0 amide bonds. The molecule has 2 N–H and O–H groups in total. The van der Waals surface area contributed by atoms with Crippen LogP contribution in [-0.2, 0) is 0 Å². The van der Waals surface area contributed by atoms with E-state index < -0.39 is 0 Å². The van der Waals surface area contributed by atoms with Crippen molar-refractivity contribution in [1.82, 2.24) is 9.55 Å². The molecule has 1 unspecified atom stereocenters. The topological polar surface area (TPSA) is 67.6 Å². The summed E-state index contributed by atoms with van der Waals surface area (Å²) in [5.74, 6) is 1.48. The number of benzene rings is 1. The summed E-state index contributed by atoms with van der Waals surface area (Å²) in [7, 11) is 0. The minimum atomic E-state index is 0.268. The highest BCUT2D eigenvalue weighted by molar-refractivity contribution is 7.98. The molecule has 2 rings (SSSR count). The Labute approximate surface area is 104 Å². The Morgan fingerprint density at radius 3 is 3.00 bits per heavy atom. The number of rotatable bonds is 3. The van der Waals surface area contributed by atoms with Crippen molar-refractivity contribution in [2.45, 2.75) is 13.0 Å². The summed E-state index contributed by atoms with van der Waals surface area (Å²) >= 11 is 1.77. The van der Waals surface area contributed by atoms with Crippen LogP contribution in [0.25, 0.3) is 11.0 Å². The molecule has 0 aliphatic carbocycles. The zero-order valence-corrected chi connectivity index (χ0v) is 10.7. The number of imidazole rings is 1. The van der Waals surface area contributed by atoms with Crippen LogP contribution in [0.5, 0.6) is 0 Å². The van der Waals surface area contributed by atoms with Crippen LogP contribution in [0.2, 0.25) is 0 Å². The van der Waals surface area contributed by atoms with E-state index in [1.807, 2.05) is 16.7 Å². The molecule has 0 saturated carbocycles. The van der Waals surface area contributed by atoms with Crippen molar-refractivity contribution in [3.63, 3.8) is 0 Å². The Balaban J connectivity index is 2.60. The van der Waals surface area contributed by atoms with E-state index in [1.54, 1.807) is 17.8 Å². The molecule has 5 heteroatoms. The first-order chi connectivity index (χ1) is 8.17. The fourth-order valence-electron chi connectivity index (χ4n) is 1.96. The third-order valence-corrected chi connectivity index (χ3v) is 3.51. The largest absolute Gasteiger partial charge is 0.369 e. The third kappa shape index (κ3) is 2.08. The fraction of sp³-hybridized carbons (Fsp3) is 0.333. The molecule has 0 saturated heterocycles. The molecule has 0 aliphatic heterocycles. The van der Waals surface area contributed by atoms with Crippen molar-refractivity contribution in [3.05, 3.63) is 23.8 Å². The molecule has 88 valence electrons. The van der Waals surface area contributed by atoms with Gasteiger partial charge in [0.15, 0.2) is 0 Å². The van der Waals surface area contributed by atoms with Gasteiger partial charge in [-0.3, -0.25) is 0 Å². The molecular weight excluding hydrogens is 232 g/mol. The monoisotopic (exact) mass is 246 g/mol. The summed E-state index contributed by atoms with van der Waals surface area (Å²) < 4.78 is 1.99. The Hall–Kier alpha value is -1.67. The number of anilines is 1. The lowest BCUT2D eigenvalue weighted by Crippen LogP contribution is -2.10. The van der Waals surface area contributed by atoms with Crippen LogP contribution >= 0.6 is 11.8 Å². The number of nitrogens with zero attached hydrogens (tertiary/aromatic N) is 3. The smallest absolute Gasteiger partial charge is 0.201 e. The molecule has 0 fully saturated rings. The van der Waals surface area contributed by atoms with Gasteiger partial charge in [0.05, 0.1) is 22.7 Å². The summed E-state index contributed by atoms with van der Waals surface area (Å²) in [5.41, 5.74) is 8.35. The second-order valence-electron chi connectivity index (χ2n) is 3.96. The number of hydrogen-bond acceptors (Lipinski definition) is 4. The molecular formula is C12H14N4S. The first-order valence-corrected chi connectivity index (χ1v) is 6.73. The lowest BCUT2D eigenvalue weighted by molar-refractivity contribution is 0.637. The molecule has 1 heterocycles. The first kappa shape index (κ1) is 11.8. The second-order valence-corrected chi connectivity index (χ2v) is 4.87. The van der Waals surface area contributed by atoms with Crippen molar-refractivity contribution < 1.29 is 0 Å². The van der Waals surface area contributed by atoms with Crippen LogP contribution in [0.15, 0.2) is 18.2 Å². The van der Waals surface area contributed by atoms with Gasteiger partial charge in [0.2, 0.25) is 5.95 Å². The van der Waals surface area contributed by atoms with Crippen molar-refractivity contribution in [2.75, 3.05) is 17.7 Å². The summed E-state index contributed by atoms with van der Waals surface area (Å²) in [6.07, 6.45) is 2.06. The maximum absolute atomic E-state index is 8.92. The van der Waals surface area contributed by atoms with E-state index in [0.29, 0.717) is 11.5 Å². The van der Waals surface area contributed by atoms with Gasteiger partial charge in [-0.1, -0.05) is 0 Å². The van der Waals surface area contributed by atoms with E-state index >= 15 is 0 Å². The van der Waals surface area contributed by atoms with Gasteiger partial charge in [0.1, 0.15) is 0 Å². The highest BCUT2D eigenvalue weighted by Gasteiger charge is 2.13. The van der Waals surface area contributed by atoms with E-state index in [1.165, 1.54) is 0 Å². The molecule has 0 spiro atoms. The van der Waals surface area contributed by atoms with Gasteiger partial charge in [0, 0.05) is 11.8 Å². The van der Waals surface area contributed by atoms with E-state index in [4.69, 9.17) is 11.0 Å². The minimum absolute atomic E-state index is 0.268. The van der Waals surface area contributed by atoms with Gasteiger partial charge in [-0.25, -0.2) is 4.98 Å². The summed E-state index contributed by atoms with van der Waals surface area (Å²) in [6.45, 7) is 2.10. The van der Waals surface area contributed by atoms with E-state index in [9.17, 15) is 0 Å². The highest BCUT2D eigenvalue weighted by atomic mass is 32.2. The molecule has 17 heavy (non-hydrogen) atoms. The van der Waals surface area contributed by atoms with Gasteiger partial charge in [-0.15, -0.1) is 0 Å². The zero-order chi connectivity index (χ0) is 12.4. The molecule has 0 radical (unpaired) electrons. The van der Waals surface area contributed by atoms with Crippen LogP contribution in [0.1, 0.15) is 18.5 Å². The average Bonchev–Trinajstić information content (AvgIpc) is 2.64. The predicted octanol–water partition coefficient (Wildman–Crippen LogP) is 2.41. The van der Waals surface area contributed by atoms with E-state index in [0.717, 1.165) is 16.8 Å². The van der Waals surface area contributed by atoms with Crippen LogP contribution in [0.4, 0.5) is 5.95 Å². The number of hydrogen-bond donors (Lipinski definition) is 1. The number of nitrogen functional groups attached to an aromatic ring is 1. The minimum Gasteiger partial charge on any atom is -0.369 e. The fourth-order valence-corrected chi connectivity index (χ4v) is 2.59. The standard InChI is InChI=1S/C12H14N4S/c1-8(7-17-2)16-11-5-9(6-13)3-4-10(11)15-12(16)14/h3-5,8H,7H2,1-2H3,(H2,14,15). The van der Waals surface area contributed by atoms with Gasteiger partial charge < -0.3 is 10.3 Å². The van der Waals surface area contributed by atoms with E-state index in [-0.39, 0.29) is 6.04 Å². The molecule has 4 nitrogen and oxygen atoms in total. The normalized spacial score (nSPS) is 12.5. The maximum atomic E-state index is 8.92. The van der Waals surface area contributed by atoms with Crippen LogP contribution in [-0.4, -0.2) is 21.6 Å². The molecule has 1 aromatic heterocycles. The zero-order valence-electron chi connectivity index (χ0n) is 9.84. The van der Waals surface area contributed by atoms with Gasteiger partial charge in [-0.2, -0.15) is 17.0 Å². The van der Waals surface area contributed by atoms with E-state index in [2.05, 4.69) is 24.2 Å². The SMILES string of the molecule is CSCC(C)n1c(N)nc2ccc(C#N)cc21. The maximum Gasteiger partial charge on any atom is 0.201 e. The number of thioether (sulfide) groups is 1. The van der Waals surface area contributed by atoms with Gasteiger partial charge in [-0.05, 0) is 31.4 Å². The molecule has 1 atom stereocenters. The molecule has 0 bridgehead atoms. The number of nitrogens with two attached hydrogens (primary N) is 1. The Morgan fingerprint density at radius 1 is 1.59 bits per heavy atom. The highest BCUT2D eigenvalue weighted by Crippen LogP contribution is 2.25. The van der Waals surface area contributed by atoms with Gasteiger partial charge in [0.25, 0.3) is 0 Å². The van der Waals surface area contributed by atoms with Crippen molar-refractivity contribution >= 4 is 28.7 Å². The average molecular weight is 246 g/mol. The lowest BCUT2D eigenvalue weighted by atomic mass is 10.2. The predicted molar refractivity (Wildman–Crippen MR) is 72.0 cm³/mol. The number of aromatic nitrogens is 2. The lowest BCUT2D eigenvalue weighted by Gasteiger charge is -2.14. The van der Waals surface area contributed by atoms with Crippen LogP contribution in [0, 0.1) is 11.3 Å². The third-order valence-electron chi connectivity index (χ3n) is 2.69. The van der Waals surface area contributed by atoms with Crippen molar-refractivity contribution in [1.29, 1.82) is 5.26 Å². The number of nitriles is 1. The summed E-state index contributed by atoms with van der Waals surface area (Å²) in [4.78, 5) is 4.31. The van der Waals surface area contributed by atoms with Crippen molar-refractivity contribution in [3.8, 4) is 6.07 Å². The molecule has 1 aromatic carbocycles. The number of fused-ring (bicyclic) bond motifs is 1. The second kappa shape index (κ2) is 4.68. The summed E-state index contributed by atoms with van der Waals surface area (Å²) in [5, 5.41) is 8.92. The Morgan fingerprint density at radius 2 is 2.35 bits per heavy atom. The first-order valence-electron chi connectivity index (χ1n) is 5.34. The Bertz CT molecular complexity index is 582. The van der Waals surface area contributed by atoms with Crippen LogP contribution < -0.4 is 5.73 Å². The van der Waals surface area contributed by atoms with Crippen LogP contribution in [0.3, 0.4) is 0 Å². The Kier molecular flexibility index (Phi) is 3.25. The quantitative estimate of drug-likeness (QED) is 0.903.